The number of fused-ring (bicyclic) bond motifs is 1. The van der Waals surface area contributed by atoms with E-state index in [1.54, 1.807) is 18.2 Å². The molecule has 0 saturated heterocycles. The van der Waals surface area contributed by atoms with Crippen molar-refractivity contribution in [3.05, 3.63) is 30.0 Å². The number of rotatable bonds is 4. The van der Waals surface area contributed by atoms with E-state index < -0.39 is 0 Å². The summed E-state index contributed by atoms with van der Waals surface area (Å²) in [6, 6.07) is 7.17. The topological polar surface area (TPSA) is 73.6 Å². The van der Waals surface area contributed by atoms with E-state index in [0.717, 1.165) is 12.0 Å². The van der Waals surface area contributed by atoms with Crippen LogP contribution in [0.1, 0.15) is 30.8 Å². The van der Waals surface area contributed by atoms with Gasteiger partial charge in [0.15, 0.2) is 23.0 Å². The first-order valence-corrected chi connectivity index (χ1v) is 6.85. The maximum atomic E-state index is 12.0. The Morgan fingerprint density at radius 3 is 2.95 bits per heavy atom. The Morgan fingerprint density at radius 1 is 1.33 bits per heavy atom. The third kappa shape index (κ3) is 2.69. The smallest absolute Gasteiger partial charge is 0.273 e. The molecule has 0 radical (unpaired) electrons. The molecule has 21 heavy (non-hydrogen) atoms. The van der Waals surface area contributed by atoms with Crippen LogP contribution in [0, 0.1) is 0 Å². The molecule has 1 amide bonds. The number of aromatic nitrogens is 1. The lowest BCUT2D eigenvalue weighted by Crippen LogP contribution is -2.32. The van der Waals surface area contributed by atoms with Gasteiger partial charge in [-0.2, -0.15) is 0 Å². The molecule has 1 aromatic heterocycles. The molecule has 6 nitrogen and oxygen atoms in total. The molecule has 2 heterocycles. The number of carbonyl (C=O) groups excluding carboxylic acids is 1. The van der Waals surface area contributed by atoms with Gasteiger partial charge in [0.2, 0.25) is 6.79 Å². The minimum absolute atomic E-state index is 0.100. The van der Waals surface area contributed by atoms with Gasteiger partial charge in [-0.25, -0.2) is 0 Å². The summed E-state index contributed by atoms with van der Waals surface area (Å²) in [4.78, 5) is 12.0. The number of benzene rings is 1. The molecular formula is C15H16N2O4. The van der Waals surface area contributed by atoms with Crippen molar-refractivity contribution < 1.29 is 18.8 Å². The van der Waals surface area contributed by atoms with E-state index in [1.165, 1.54) is 0 Å². The maximum Gasteiger partial charge on any atom is 0.273 e. The highest BCUT2D eigenvalue weighted by Crippen LogP contribution is 2.35. The largest absolute Gasteiger partial charge is 0.454 e. The zero-order chi connectivity index (χ0) is 14.8. The Kier molecular flexibility index (Phi) is 3.51. The van der Waals surface area contributed by atoms with Crippen molar-refractivity contribution >= 4 is 5.91 Å². The molecule has 6 heteroatoms. The highest BCUT2D eigenvalue weighted by atomic mass is 16.7. The predicted molar refractivity (Wildman–Crippen MR) is 75.3 cm³/mol. The van der Waals surface area contributed by atoms with Crippen molar-refractivity contribution in [3.8, 4) is 22.8 Å². The summed E-state index contributed by atoms with van der Waals surface area (Å²) in [5.41, 5.74) is 1.05. The molecule has 110 valence electrons. The number of carbonyl (C=O) groups is 1. The quantitative estimate of drug-likeness (QED) is 0.936. The molecule has 0 fully saturated rings. The Hall–Kier alpha value is -2.50. The molecule has 0 bridgehead atoms. The van der Waals surface area contributed by atoms with Crippen LogP contribution in [-0.2, 0) is 0 Å². The second-order valence-electron chi connectivity index (χ2n) is 4.93. The fourth-order valence-corrected chi connectivity index (χ4v) is 1.97. The van der Waals surface area contributed by atoms with Crippen LogP contribution in [0.2, 0.25) is 0 Å². The number of nitrogens with zero attached hydrogens (tertiary/aromatic N) is 1. The standard InChI is InChI=1S/C15H16N2O4/c1-3-9(2)16-15(18)11-7-13(21-17-11)10-4-5-12-14(6-10)20-8-19-12/h4-7,9H,3,8H2,1-2H3,(H,16,18)/t9-/m0/s1. The van der Waals surface area contributed by atoms with Gasteiger partial charge in [0, 0.05) is 17.7 Å². The zero-order valence-electron chi connectivity index (χ0n) is 11.9. The maximum absolute atomic E-state index is 12.0. The van der Waals surface area contributed by atoms with E-state index in [2.05, 4.69) is 10.5 Å². The predicted octanol–water partition coefficient (Wildman–Crippen LogP) is 2.60. The first-order chi connectivity index (χ1) is 10.2. The van der Waals surface area contributed by atoms with E-state index in [1.807, 2.05) is 19.9 Å². The van der Waals surface area contributed by atoms with Gasteiger partial charge in [-0.15, -0.1) is 0 Å². The molecule has 0 unspecified atom stereocenters. The Bertz CT molecular complexity index is 665. The lowest BCUT2D eigenvalue weighted by Gasteiger charge is -2.08. The van der Waals surface area contributed by atoms with Gasteiger partial charge in [-0.3, -0.25) is 4.79 Å². The van der Waals surface area contributed by atoms with Gasteiger partial charge in [0.1, 0.15) is 0 Å². The minimum atomic E-state index is -0.236. The summed E-state index contributed by atoms with van der Waals surface area (Å²) in [5, 5.41) is 6.66. The first kappa shape index (κ1) is 13.5. The summed E-state index contributed by atoms with van der Waals surface area (Å²) >= 11 is 0. The number of hydrogen-bond acceptors (Lipinski definition) is 5. The van der Waals surface area contributed by atoms with Gasteiger partial charge < -0.3 is 19.3 Å². The second kappa shape index (κ2) is 5.47. The van der Waals surface area contributed by atoms with Crippen LogP contribution in [0.15, 0.2) is 28.8 Å². The Morgan fingerprint density at radius 2 is 2.14 bits per heavy atom. The molecule has 0 spiro atoms. The Labute approximate surface area is 122 Å². The molecule has 1 aromatic carbocycles. The fourth-order valence-electron chi connectivity index (χ4n) is 1.97. The normalized spacial score (nSPS) is 14.0. The average Bonchev–Trinajstić information content (AvgIpc) is 3.15. The molecule has 1 N–H and O–H groups in total. The van der Waals surface area contributed by atoms with Crippen molar-refractivity contribution in [3.63, 3.8) is 0 Å². The number of ether oxygens (including phenoxy) is 2. The van der Waals surface area contributed by atoms with Crippen molar-refractivity contribution in [2.45, 2.75) is 26.3 Å². The van der Waals surface area contributed by atoms with Crippen molar-refractivity contribution in [1.29, 1.82) is 0 Å². The highest BCUT2D eigenvalue weighted by molar-refractivity contribution is 5.93. The monoisotopic (exact) mass is 288 g/mol. The SMILES string of the molecule is CC[C@H](C)NC(=O)c1cc(-c2ccc3c(c2)OCO3)on1. The number of hydrogen-bond donors (Lipinski definition) is 1. The molecule has 0 aliphatic carbocycles. The summed E-state index contributed by atoms with van der Waals surface area (Å²) in [6.45, 7) is 4.17. The average molecular weight is 288 g/mol. The summed E-state index contributed by atoms with van der Waals surface area (Å²) in [5.74, 6) is 1.64. The van der Waals surface area contributed by atoms with E-state index in [0.29, 0.717) is 17.3 Å². The molecule has 1 aliphatic rings. The molecular weight excluding hydrogens is 272 g/mol. The van der Waals surface area contributed by atoms with Gasteiger partial charge >= 0.3 is 0 Å². The molecule has 0 saturated carbocycles. The summed E-state index contributed by atoms with van der Waals surface area (Å²) in [6.07, 6.45) is 0.860. The van der Waals surface area contributed by atoms with Gasteiger partial charge in [-0.05, 0) is 31.5 Å². The third-order valence-corrected chi connectivity index (χ3v) is 3.39. The minimum Gasteiger partial charge on any atom is -0.454 e. The van der Waals surface area contributed by atoms with Gasteiger partial charge in [-0.1, -0.05) is 12.1 Å². The van der Waals surface area contributed by atoms with Crippen LogP contribution in [-0.4, -0.2) is 23.9 Å². The van der Waals surface area contributed by atoms with E-state index in [9.17, 15) is 4.79 Å². The van der Waals surface area contributed by atoms with Gasteiger partial charge in [0.05, 0.1) is 0 Å². The third-order valence-electron chi connectivity index (χ3n) is 3.39. The lowest BCUT2D eigenvalue weighted by atomic mass is 10.1. The van der Waals surface area contributed by atoms with E-state index >= 15 is 0 Å². The first-order valence-electron chi connectivity index (χ1n) is 6.85. The molecule has 3 rings (SSSR count). The van der Waals surface area contributed by atoms with Crippen LogP contribution in [0.25, 0.3) is 11.3 Å². The van der Waals surface area contributed by atoms with Crippen molar-refractivity contribution in [1.82, 2.24) is 10.5 Å². The van der Waals surface area contributed by atoms with Gasteiger partial charge in [0.25, 0.3) is 5.91 Å². The van der Waals surface area contributed by atoms with Crippen LogP contribution in [0.4, 0.5) is 0 Å². The number of nitrogens with one attached hydrogen (secondary N) is 1. The van der Waals surface area contributed by atoms with Crippen LogP contribution in [0.3, 0.4) is 0 Å². The lowest BCUT2D eigenvalue weighted by molar-refractivity contribution is 0.0930. The van der Waals surface area contributed by atoms with E-state index in [-0.39, 0.29) is 24.4 Å². The fraction of sp³-hybridized carbons (Fsp3) is 0.333. The van der Waals surface area contributed by atoms with Crippen LogP contribution in [0.5, 0.6) is 11.5 Å². The zero-order valence-corrected chi connectivity index (χ0v) is 11.9. The van der Waals surface area contributed by atoms with Crippen LogP contribution >= 0.6 is 0 Å². The van der Waals surface area contributed by atoms with E-state index in [4.69, 9.17) is 14.0 Å². The second-order valence-corrected chi connectivity index (χ2v) is 4.93. The van der Waals surface area contributed by atoms with Crippen LogP contribution < -0.4 is 14.8 Å². The van der Waals surface area contributed by atoms with Crippen molar-refractivity contribution in [2.75, 3.05) is 6.79 Å². The summed E-state index contributed by atoms with van der Waals surface area (Å²) in [7, 11) is 0. The highest BCUT2D eigenvalue weighted by Gasteiger charge is 2.18. The molecule has 1 atom stereocenters. The summed E-state index contributed by atoms with van der Waals surface area (Å²) < 4.78 is 15.8. The van der Waals surface area contributed by atoms with Crippen molar-refractivity contribution in [2.24, 2.45) is 0 Å². The molecule has 2 aromatic rings. The Balaban J connectivity index is 1.80. The molecule has 1 aliphatic heterocycles. The number of amides is 1.